The molecule has 1 aliphatic rings. The van der Waals surface area contributed by atoms with E-state index < -0.39 is 23.7 Å². The second-order valence-corrected chi connectivity index (χ2v) is 9.84. The highest BCUT2D eigenvalue weighted by atomic mass is 19.3. The summed E-state index contributed by atoms with van der Waals surface area (Å²) in [6.45, 7) is 9.39. The Kier molecular flexibility index (Phi) is 6.55. The van der Waals surface area contributed by atoms with Gasteiger partial charge < -0.3 is 15.8 Å². The standard InChI is InChI=1S/C22H33F2N5O2/c1-13(2)18(25)15-10-17-27-16(12-29(17)26-11-15)19(28-20(30)31-21(3,4)5)14-6-8-22(23,24)9-7-14/h10-14,18-19H,6-9,25H2,1-5H3,(H,28,30)/t18?,19-/m0/s1. The summed E-state index contributed by atoms with van der Waals surface area (Å²) in [6, 6.07) is 1.16. The minimum absolute atomic E-state index is 0.172. The zero-order valence-electron chi connectivity index (χ0n) is 18.9. The van der Waals surface area contributed by atoms with Gasteiger partial charge in [0, 0.05) is 18.9 Å². The third kappa shape index (κ3) is 5.90. The molecule has 0 aliphatic heterocycles. The Morgan fingerprint density at radius 1 is 1.32 bits per heavy atom. The number of hydrogen-bond donors (Lipinski definition) is 2. The van der Waals surface area contributed by atoms with E-state index in [1.807, 2.05) is 19.9 Å². The van der Waals surface area contributed by atoms with Crippen LogP contribution in [0.15, 0.2) is 18.5 Å². The average molecular weight is 438 g/mol. The van der Waals surface area contributed by atoms with Crippen LogP contribution in [0.4, 0.5) is 13.6 Å². The summed E-state index contributed by atoms with van der Waals surface area (Å²) in [6.07, 6.45) is 3.01. The zero-order chi connectivity index (χ0) is 23.0. The first-order chi connectivity index (χ1) is 14.3. The molecule has 7 nitrogen and oxygen atoms in total. The third-order valence-electron chi connectivity index (χ3n) is 5.69. The molecular formula is C22H33F2N5O2. The van der Waals surface area contributed by atoms with E-state index in [-0.39, 0.29) is 43.6 Å². The number of alkyl carbamates (subject to hydrolysis) is 1. The summed E-state index contributed by atoms with van der Waals surface area (Å²) in [7, 11) is 0. The molecule has 31 heavy (non-hydrogen) atoms. The number of ether oxygens (including phenoxy) is 1. The lowest BCUT2D eigenvalue weighted by atomic mass is 9.81. The lowest BCUT2D eigenvalue weighted by Gasteiger charge is -2.33. The number of nitrogens with zero attached hydrogens (tertiary/aromatic N) is 3. The number of halogens is 2. The quantitative estimate of drug-likeness (QED) is 0.702. The van der Waals surface area contributed by atoms with Gasteiger partial charge in [0.25, 0.3) is 0 Å². The molecule has 0 radical (unpaired) electrons. The zero-order valence-corrected chi connectivity index (χ0v) is 18.9. The minimum atomic E-state index is -2.66. The van der Waals surface area contributed by atoms with Crippen molar-refractivity contribution in [3.05, 3.63) is 29.7 Å². The highest BCUT2D eigenvalue weighted by Gasteiger charge is 2.39. The SMILES string of the molecule is CC(C)C(N)c1cnn2cc([C@@H](NC(=O)OC(C)(C)C)C3CCC(F)(F)CC3)nc2c1. The van der Waals surface area contributed by atoms with Crippen LogP contribution in [-0.4, -0.2) is 32.2 Å². The van der Waals surface area contributed by atoms with Crippen LogP contribution in [0, 0.1) is 11.8 Å². The number of hydrogen-bond acceptors (Lipinski definition) is 5. The van der Waals surface area contributed by atoms with Crippen molar-refractivity contribution in [3.63, 3.8) is 0 Å². The molecule has 2 heterocycles. The fourth-order valence-corrected chi connectivity index (χ4v) is 3.89. The molecule has 1 saturated carbocycles. The molecule has 172 valence electrons. The van der Waals surface area contributed by atoms with Crippen LogP contribution in [0.3, 0.4) is 0 Å². The Labute approximate surface area is 181 Å². The first-order valence-corrected chi connectivity index (χ1v) is 10.8. The Balaban J connectivity index is 1.90. The van der Waals surface area contributed by atoms with Crippen molar-refractivity contribution in [2.24, 2.45) is 17.6 Å². The predicted octanol–water partition coefficient (Wildman–Crippen LogP) is 4.78. The van der Waals surface area contributed by atoms with Crippen molar-refractivity contribution < 1.29 is 18.3 Å². The number of carbonyl (C=O) groups is 1. The highest BCUT2D eigenvalue weighted by molar-refractivity contribution is 5.68. The van der Waals surface area contributed by atoms with Crippen LogP contribution in [0.25, 0.3) is 5.65 Å². The second kappa shape index (κ2) is 8.68. The maximum atomic E-state index is 13.7. The molecule has 2 aromatic rings. The van der Waals surface area contributed by atoms with Crippen molar-refractivity contribution in [1.82, 2.24) is 19.9 Å². The van der Waals surface area contributed by atoms with Crippen LogP contribution in [0.1, 0.15) is 83.6 Å². The van der Waals surface area contributed by atoms with Gasteiger partial charge in [-0.25, -0.2) is 23.1 Å². The Morgan fingerprint density at radius 3 is 2.55 bits per heavy atom. The van der Waals surface area contributed by atoms with Crippen LogP contribution < -0.4 is 11.1 Å². The minimum Gasteiger partial charge on any atom is -0.444 e. The molecule has 9 heteroatoms. The number of carbonyl (C=O) groups excluding carboxylic acids is 1. The largest absolute Gasteiger partial charge is 0.444 e. The molecular weight excluding hydrogens is 404 g/mol. The first-order valence-electron chi connectivity index (χ1n) is 10.8. The summed E-state index contributed by atoms with van der Waals surface area (Å²) in [5, 5.41) is 7.27. The molecule has 3 rings (SSSR count). The van der Waals surface area contributed by atoms with Crippen molar-refractivity contribution in [2.75, 3.05) is 0 Å². The van der Waals surface area contributed by atoms with E-state index in [2.05, 4.69) is 15.4 Å². The molecule has 0 spiro atoms. The van der Waals surface area contributed by atoms with Gasteiger partial charge in [0.1, 0.15) is 5.60 Å². The summed E-state index contributed by atoms with van der Waals surface area (Å²) < 4.78 is 34.5. The van der Waals surface area contributed by atoms with E-state index in [4.69, 9.17) is 10.5 Å². The number of imidazole rings is 1. The number of fused-ring (bicyclic) bond motifs is 1. The monoisotopic (exact) mass is 437 g/mol. The second-order valence-electron chi connectivity index (χ2n) is 9.84. The van der Waals surface area contributed by atoms with Gasteiger partial charge in [-0.3, -0.25) is 0 Å². The first kappa shape index (κ1) is 23.4. The lowest BCUT2D eigenvalue weighted by molar-refractivity contribution is -0.0500. The number of alkyl halides is 2. The summed E-state index contributed by atoms with van der Waals surface area (Å²) in [4.78, 5) is 17.2. The van der Waals surface area contributed by atoms with Crippen LogP contribution >= 0.6 is 0 Å². The molecule has 2 atom stereocenters. The van der Waals surface area contributed by atoms with Crippen LogP contribution in [0.2, 0.25) is 0 Å². The number of amides is 1. The molecule has 1 fully saturated rings. The summed E-state index contributed by atoms with van der Waals surface area (Å²) in [5.41, 5.74) is 7.61. The maximum Gasteiger partial charge on any atom is 0.408 e. The number of aromatic nitrogens is 3. The van der Waals surface area contributed by atoms with E-state index >= 15 is 0 Å². The number of nitrogens with one attached hydrogen (secondary N) is 1. The van der Waals surface area contributed by atoms with Gasteiger partial charge in [0.05, 0.1) is 24.1 Å². The van der Waals surface area contributed by atoms with Gasteiger partial charge in [-0.2, -0.15) is 5.10 Å². The Morgan fingerprint density at radius 2 is 1.97 bits per heavy atom. The Hall–Kier alpha value is -2.29. The average Bonchev–Trinajstić information content (AvgIpc) is 3.07. The molecule has 1 amide bonds. The van der Waals surface area contributed by atoms with Gasteiger partial charge in [-0.05, 0) is 57.1 Å². The van der Waals surface area contributed by atoms with Gasteiger partial charge in [0.2, 0.25) is 5.92 Å². The smallest absolute Gasteiger partial charge is 0.408 e. The molecule has 0 saturated heterocycles. The normalized spacial score (nSPS) is 19.4. The van der Waals surface area contributed by atoms with Crippen molar-refractivity contribution in [3.8, 4) is 0 Å². The van der Waals surface area contributed by atoms with E-state index in [1.54, 1.807) is 37.7 Å². The maximum absolute atomic E-state index is 13.7. The van der Waals surface area contributed by atoms with Gasteiger partial charge in [-0.15, -0.1) is 0 Å². The molecule has 3 N–H and O–H groups in total. The topological polar surface area (TPSA) is 94.5 Å². The highest BCUT2D eigenvalue weighted by Crippen LogP contribution is 2.41. The molecule has 1 unspecified atom stereocenters. The summed E-state index contributed by atoms with van der Waals surface area (Å²) in [5.74, 6) is -2.59. The molecule has 2 aromatic heterocycles. The van der Waals surface area contributed by atoms with E-state index in [0.717, 1.165) is 5.56 Å². The van der Waals surface area contributed by atoms with Gasteiger partial charge in [-0.1, -0.05) is 13.8 Å². The van der Waals surface area contributed by atoms with Crippen molar-refractivity contribution in [2.45, 2.75) is 83.9 Å². The molecule has 1 aliphatic carbocycles. The van der Waals surface area contributed by atoms with Gasteiger partial charge in [0.15, 0.2) is 5.65 Å². The van der Waals surface area contributed by atoms with E-state index in [0.29, 0.717) is 11.3 Å². The lowest BCUT2D eigenvalue weighted by Crippen LogP contribution is -2.40. The van der Waals surface area contributed by atoms with E-state index in [1.165, 1.54) is 0 Å². The Bertz CT molecular complexity index is 912. The van der Waals surface area contributed by atoms with Crippen molar-refractivity contribution >= 4 is 11.7 Å². The third-order valence-corrected chi connectivity index (χ3v) is 5.69. The van der Waals surface area contributed by atoms with E-state index in [9.17, 15) is 13.6 Å². The fraction of sp³-hybridized carbons (Fsp3) is 0.682. The van der Waals surface area contributed by atoms with Crippen LogP contribution in [0.5, 0.6) is 0 Å². The number of rotatable bonds is 5. The van der Waals surface area contributed by atoms with Gasteiger partial charge >= 0.3 is 6.09 Å². The van der Waals surface area contributed by atoms with Crippen LogP contribution in [-0.2, 0) is 4.74 Å². The molecule has 0 aromatic carbocycles. The number of nitrogens with two attached hydrogens (primary N) is 1. The fourth-order valence-electron chi connectivity index (χ4n) is 3.89. The summed E-state index contributed by atoms with van der Waals surface area (Å²) >= 11 is 0. The predicted molar refractivity (Wildman–Crippen MR) is 114 cm³/mol. The van der Waals surface area contributed by atoms with Crippen molar-refractivity contribution in [1.29, 1.82) is 0 Å². The molecule has 0 bridgehead atoms.